The first kappa shape index (κ1) is 17.4. The van der Waals surface area contributed by atoms with E-state index in [0.29, 0.717) is 5.82 Å². The molecule has 2 heterocycles. The molecule has 0 fully saturated rings. The molecule has 2 aromatic carbocycles. The zero-order valence-electron chi connectivity index (χ0n) is 15.0. The molecule has 0 aliphatic heterocycles. The average Bonchev–Trinajstić information content (AvgIpc) is 3.11. The smallest absolute Gasteiger partial charge is 0.248 e. The van der Waals surface area contributed by atoms with Crippen molar-refractivity contribution in [1.29, 1.82) is 0 Å². The van der Waals surface area contributed by atoms with Gasteiger partial charge >= 0.3 is 0 Å². The molecular weight excluding hydrogens is 360 g/mol. The third-order valence-electron chi connectivity index (χ3n) is 4.38. The van der Waals surface area contributed by atoms with E-state index in [1.807, 2.05) is 29.7 Å². The van der Waals surface area contributed by atoms with Crippen LogP contribution in [0.25, 0.3) is 28.0 Å². The van der Waals surface area contributed by atoms with Crippen molar-refractivity contribution in [2.75, 3.05) is 6.26 Å². The monoisotopic (exact) mass is 378 g/mol. The van der Waals surface area contributed by atoms with Crippen LogP contribution in [-0.2, 0) is 16.3 Å². The van der Waals surface area contributed by atoms with Crippen LogP contribution in [0, 0.1) is 0 Å². The van der Waals surface area contributed by atoms with Crippen molar-refractivity contribution in [3.05, 3.63) is 66.6 Å². The summed E-state index contributed by atoms with van der Waals surface area (Å²) in [6.45, 7) is 2.02. The lowest BCUT2D eigenvalue weighted by atomic mass is 10.1. The number of fused-ring (bicyclic) bond motifs is 1. The lowest BCUT2D eigenvalue weighted by Crippen LogP contribution is -2.09. The standard InChI is InChI=1S/C20H18N4O2S/c1-3-17-13-22-19(16-9-8-14-6-4-5-7-15(14)12-16)24(17)18-10-11-21-20(23-18)27(2,25)26/h4-13H,3H2,1-2H3. The first-order valence-corrected chi connectivity index (χ1v) is 10.5. The Hall–Kier alpha value is -3.06. The van der Waals surface area contributed by atoms with Gasteiger partial charge in [0.1, 0.15) is 11.6 Å². The molecule has 0 radical (unpaired) electrons. The Morgan fingerprint density at radius 2 is 1.78 bits per heavy atom. The summed E-state index contributed by atoms with van der Waals surface area (Å²) < 4.78 is 25.6. The van der Waals surface area contributed by atoms with Crippen molar-refractivity contribution in [1.82, 2.24) is 19.5 Å². The molecule has 0 saturated heterocycles. The molecular formula is C20H18N4O2S. The van der Waals surface area contributed by atoms with Gasteiger partial charge in [0.15, 0.2) is 0 Å². The number of aryl methyl sites for hydroxylation is 1. The third kappa shape index (κ3) is 3.21. The van der Waals surface area contributed by atoms with Crippen molar-refractivity contribution < 1.29 is 8.42 Å². The molecule has 0 atom stereocenters. The molecule has 0 bridgehead atoms. The molecule has 0 N–H and O–H groups in total. The van der Waals surface area contributed by atoms with E-state index in [9.17, 15) is 8.42 Å². The highest BCUT2D eigenvalue weighted by molar-refractivity contribution is 7.90. The molecule has 4 rings (SSSR count). The van der Waals surface area contributed by atoms with E-state index in [-0.39, 0.29) is 5.16 Å². The summed E-state index contributed by atoms with van der Waals surface area (Å²) >= 11 is 0. The van der Waals surface area contributed by atoms with Crippen LogP contribution in [0.4, 0.5) is 0 Å². The molecule has 136 valence electrons. The summed E-state index contributed by atoms with van der Waals surface area (Å²) in [4.78, 5) is 12.7. The fourth-order valence-electron chi connectivity index (χ4n) is 3.06. The molecule has 0 aliphatic carbocycles. The van der Waals surface area contributed by atoms with E-state index < -0.39 is 9.84 Å². The van der Waals surface area contributed by atoms with Crippen LogP contribution >= 0.6 is 0 Å². The van der Waals surface area contributed by atoms with E-state index in [0.717, 1.165) is 40.5 Å². The van der Waals surface area contributed by atoms with Crippen molar-refractivity contribution in [2.45, 2.75) is 18.5 Å². The van der Waals surface area contributed by atoms with Gasteiger partial charge in [-0.15, -0.1) is 0 Å². The van der Waals surface area contributed by atoms with Gasteiger partial charge in [0, 0.05) is 29.9 Å². The van der Waals surface area contributed by atoms with E-state index in [2.05, 4.69) is 39.2 Å². The van der Waals surface area contributed by atoms with Crippen LogP contribution in [0.15, 0.2) is 66.1 Å². The number of imidazole rings is 1. The Labute approximate surface area is 157 Å². The van der Waals surface area contributed by atoms with Crippen LogP contribution in [0.1, 0.15) is 12.6 Å². The molecule has 0 saturated carbocycles. The number of rotatable bonds is 4. The van der Waals surface area contributed by atoms with Crippen LogP contribution < -0.4 is 0 Å². The summed E-state index contributed by atoms with van der Waals surface area (Å²) in [7, 11) is -3.50. The number of benzene rings is 2. The molecule has 27 heavy (non-hydrogen) atoms. The zero-order chi connectivity index (χ0) is 19.0. The molecule has 7 heteroatoms. The molecule has 0 spiro atoms. The van der Waals surface area contributed by atoms with E-state index in [1.54, 1.807) is 12.3 Å². The van der Waals surface area contributed by atoms with Gasteiger partial charge in [-0.1, -0.05) is 43.3 Å². The van der Waals surface area contributed by atoms with Gasteiger partial charge in [0.05, 0.1) is 0 Å². The van der Waals surface area contributed by atoms with Gasteiger partial charge in [0.25, 0.3) is 0 Å². The number of hydrogen-bond acceptors (Lipinski definition) is 5. The van der Waals surface area contributed by atoms with Crippen LogP contribution in [-0.4, -0.2) is 34.2 Å². The van der Waals surface area contributed by atoms with Crippen LogP contribution in [0.2, 0.25) is 0 Å². The zero-order valence-corrected chi connectivity index (χ0v) is 15.8. The van der Waals surface area contributed by atoms with Gasteiger partial charge < -0.3 is 0 Å². The van der Waals surface area contributed by atoms with Crippen molar-refractivity contribution in [3.8, 4) is 17.2 Å². The second-order valence-corrected chi connectivity index (χ2v) is 8.20. The van der Waals surface area contributed by atoms with Gasteiger partial charge in [-0.05, 0) is 29.3 Å². The minimum Gasteiger partial charge on any atom is -0.281 e. The summed E-state index contributed by atoms with van der Waals surface area (Å²) in [5.41, 5.74) is 1.88. The lowest BCUT2D eigenvalue weighted by molar-refractivity contribution is 0.592. The second-order valence-electron chi connectivity index (χ2n) is 6.29. The normalized spacial score (nSPS) is 11.8. The first-order chi connectivity index (χ1) is 13.0. The minimum absolute atomic E-state index is 0.194. The van der Waals surface area contributed by atoms with Gasteiger partial charge in [0.2, 0.25) is 15.0 Å². The molecule has 6 nitrogen and oxygen atoms in total. The van der Waals surface area contributed by atoms with Gasteiger partial charge in [-0.2, -0.15) is 0 Å². The second kappa shape index (κ2) is 6.59. The van der Waals surface area contributed by atoms with Crippen molar-refractivity contribution in [2.24, 2.45) is 0 Å². The molecule has 2 aromatic heterocycles. The summed E-state index contributed by atoms with van der Waals surface area (Å²) in [6, 6.07) is 16.0. The minimum atomic E-state index is -3.50. The summed E-state index contributed by atoms with van der Waals surface area (Å²) in [6.07, 6.45) is 5.10. The predicted octanol–water partition coefficient (Wildman–Crippen LogP) is 3.45. The highest BCUT2D eigenvalue weighted by atomic mass is 32.2. The lowest BCUT2D eigenvalue weighted by Gasteiger charge is -2.11. The Bertz CT molecular complexity index is 1250. The Kier molecular flexibility index (Phi) is 4.24. The van der Waals surface area contributed by atoms with Crippen LogP contribution in [0.3, 0.4) is 0 Å². The maximum Gasteiger partial charge on any atom is 0.248 e. The largest absolute Gasteiger partial charge is 0.281 e. The maximum atomic E-state index is 11.9. The van der Waals surface area contributed by atoms with Gasteiger partial charge in [-0.25, -0.2) is 23.4 Å². The average molecular weight is 378 g/mol. The van der Waals surface area contributed by atoms with E-state index in [1.165, 1.54) is 6.20 Å². The molecule has 0 unspecified atom stereocenters. The Morgan fingerprint density at radius 1 is 1.00 bits per heavy atom. The Morgan fingerprint density at radius 3 is 2.52 bits per heavy atom. The first-order valence-electron chi connectivity index (χ1n) is 8.56. The van der Waals surface area contributed by atoms with E-state index in [4.69, 9.17) is 0 Å². The number of sulfone groups is 1. The van der Waals surface area contributed by atoms with E-state index >= 15 is 0 Å². The fraction of sp³-hybridized carbons (Fsp3) is 0.150. The SMILES string of the molecule is CCc1cnc(-c2ccc3ccccc3c2)n1-c1ccnc(S(C)(=O)=O)n1. The quantitative estimate of drug-likeness (QED) is 0.508. The highest BCUT2D eigenvalue weighted by Gasteiger charge is 2.17. The number of nitrogens with zero attached hydrogens (tertiary/aromatic N) is 4. The number of aromatic nitrogens is 4. The maximum absolute atomic E-state index is 11.9. The Balaban J connectivity index is 1.93. The number of hydrogen-bond donors (Lipinski definition) is 0. The van der Waals surface area contributed by atoms with Gasteiger partial charge in [-0.3, -0.25) is 4.57 Å². The third-order valence-corrected chi connectivity index (χ3v) is 5.24. The van der Waals surface area contributed by atoms with Crippen LogP contribution in [0.5, 0.6) is 0 Å². The van der Waals surface area contributed by atoms with Crippen molar-refractivity contribution >= 4 is 20.6 Å². The topological polar surface area (TPSA) is 77.7 Å². The molecule has 4 aromatic rings. The molecule has 0 amide bonds. The highest BCUT2D eigenvalue weighted by Crippen LogP contribution is 2.27. The summed E-state index contributed by atoms with van der Waals surface area (Å²) in [5, 5.41) is 2.07. The predicted molar refractivity (Wildman–Crippen MR) is 105 cm³/mol. The molecule has 0 aliphatic rings. The van der Waals surface area contributed by atoms with Crippen molar-refractivity contribution in [3.63, 3.8) is 0 Å². The fourth-order valence-corrected chi connectivity index (χ4v) is 3.57. The summed E-state index contributed by atoms with van der Waals surface area (Å²) in [5.74, 6) is 1.21.